The number of carbonyl (C=O) groups excluding carboxylic acids is 1. The van der Waals surface area contributed by atoms with Crippen molar-refractivity contribution in [2.75, 3.05) is 13.2 Å². The maximum Gasteiger partial charge on any atom is 0.254 e. The summed E-state index contributed by atoms with van der Waals surface area (Å²) in [6.07, 6.45) is 0. The highest BCUT2D eigenvalue weighted by molar-refractivity contribution is 5.95. The van der Waals surface area contributed by atoms with Gasteiger partial charge < -0.3 is 14.5 Å². The maximum atomic E-state index is 11.9. The van der Waals surface area contributed by atoms with Crippen LogP contribution in [0.4, 0.5) is 0 Å². The van der Waals surface area contributed by atoms with Gasteiger partial charge >= 0.3 is 0 Å². The van der Waals surface area contributed by atoms with Gasteiger partial charge in [0.05, 0.1) is 12.1 Å². The molecule has 0 aliphatic heterocycles. The third-order valence-corrected chi connectivity index (χ3v) is 2.69. The molecule has 2 rings (SSSR count). The van der Waals surface area contributed by atoms with Crippen molar-refractivity contribution in [3.05, 3.63) is 53.5 Å². The van der Waals surface area contributed by atoms with Gasteiger partial charge in [0.15, 0.2) is 0 Å². The Morgan fingerprint density at radius 1 is 1.26 bits per heavy atom. The maximum absolute atomic E-state index is 11.9. The summed E-state index contributed by atoms with van der Waals surface area (Å²) in [5, 5.41) is 2.80. The summed E-state index contributed by atoms with van der Waals surface area (Å²) in [6.45, 7) is 4.49. The van der Waals surface area contributed by atoms with Crippen molar-refractivity contribution in [2.45, 2.75) is 13.8 Å². The van der Waals surface area contributed by atoms with E-state index in [-0.39, 0.29) is 5.91 Å². The minimum atomic E-state index is -0.133. The molecule has 0 bridgehead atoms. The second-order valence-corrected chi connectivity index (χ2v) is 4.24. The molecule has 0 saturated carbocycles. The Hall–Kier alpha value is -2.23. The van der Waals surface area contributed by atoms with E-state index in [1.54, 1.807) is 13.0 Å². The fourth-order valence-corrected chi connectivity index (χ4v) is 1.80. The first kappa shape index (κ1) is 13.2. The van der Waals surface area contributed by atoms with E-state index in [1.165, 1.54) is 0 Å². The number of nitrogens with one attached hydrogen (secondary N) is 1. The second-order valence-electron chi connectivity index (χ2n) is 4.24. The quantitative estimate of drug-likeness (QED) is 0.840. The molecule has 1 amide bonds. The van der Waals surface area contributed by atoms with Gasteiger partial charge in [-0.1, -0.05) is 18.2 Å². The smallest absolute Gasteiger partial charge is 0.254 e. The molecule has 0 fully saturated rings. The van der Waals surface area contributed by atoms with Gasteiger partial charge in [0, 0.05) is 0 Å². The summed E-state index contributed by atoms with van der Waals surface area (Å²) in [4.78, 5) is 11.9. The van der Waals surface area contributed by atoms with Crippen LogP contribution in [0.15, 0.2) is 40.8 Å². The summed E-state index contributed by atoms with van der Waals surface area (Å²) in [6, 6.07) is 11.2. The standard InChI is InChI=1S/C15H17NO3/c1-11-10-14(12(2)19-11)15(17)16-8-9-18-13-6-4-3-5-7-13/h3-7,10H,8-9H2,1-2H3,(H,16,17). The van der Waals surface area contributed by atoms with Crippen LogP contribution < -0.4 is 10.1 Å². The molecule has 0 unspecified atom stereocenters. The molecular formula is C15H17NO3. The number of ether oxygens (including phenoxy) is 1. The summed E-state index contributed by atoms with van der Waals surface area (Å²) in [5.41, 5.74) is 0.581. The lowest BCUT2D eigenvalue weighted by Gasteiger charge is -2.07. The first-order valence-corrected chi connectivity index (χ1v) is 6.20. The van der Waals surface area contributed by atoms with Crippen LogP contribution in [0.25, 0.3) is 0 Å². The van der Waals surface area contributed by atoms with Gasteiger partial charge in [0.2, 0.25) is 0 Å². The molecule has 0 aliphatic carbocycles. The molecule has 0 radical (unpaired) electrons. The molecule has 1 aromatic heterocycles. The minimum Gasteiger partial charge on any atom is -0.492 e. The molecule has 0 spiro atoms. The number of hydrogen-bond acceptors (Lipinski definition) is 3. The van der Waals surface area contributed by atoms with Gasteiger partial charge in [-0.25, -0.2) is 0 Å². The largest absolute Gasteiger partial charge is 0.492 e. The molecular weight excluding hydrogens is 242 g/mol. The molecule has 19 heavy (non-hydrogen) atoms. The lowest BCUT2D eigenvalue weighted by atomic mass is 10.2. The van der Waals surface area contributed by atoms with Gasteiger partial charge in [-0.3, -0.25) is 4.79 Å². The first-order chi connectivity index (χ1) is 9.16. The zero-order valence-electron chi connectivity index (χ0n) is 11.1. The van der Waals surface area contributed by atoms with Crippen molar-refractivity contribution in [1.82, 2.24) is 5.32 Å². The molecule has 2 aromatic rings. The van der Waals surface area contributed by atoms with Gasteiger partial charge in [-0.2, -0.15) is 0 Å². The fraction of sp³-hybridized carbons (Fsp3) is 0.267. The number of benzene rings is 1. The zero-order chi connectivity index (χ0) is 13.7. The van der Waals surface area contributed by atoms with E-state index in [1.807, 2.05) is 37.3 Å². The van der Waals surface area contributed by atoms with E-state index < -0.39 is 0 Å². The molecule has 4 heteroatoms. The van der Waals surface area contributed by atoms with Gasteiger partial charge in [-0.05, 0) is 32.0 Å². The number of para-hydroxylation sites is 1. The van der Waals surface area contributed by atoms with E-state index in [9.17, 15) is 4.79 Å². The predicted molar refractivity (Wildman–Crippen MR) is 72.5 cm³/mol. The number of amides is 1. The van der Waals surface area contributed by atoms with Crippen molar-refractivity contribution in [3.63, 3.8) is 0 Å². The second kappa shape index (κ2) is 6.09. The zero-order valence-corrected chi connectivity index (χ0v) is 11.1. The Labute approximate surface area is 112 Å². The fourth-order valence-electron chi connectivity index (χ4n) is 1.80. The number of rotatable bonds is 5. The van der Waals surface area contributed by atoms with Crippen molar-refractivity contribution < 1.29 is 13.9 Å². The lowest BCUT2D eigenvalue weighted by Crippen LogP contribution is -2.28. The molecule has 1 N–H and O–H groups in total. The molecule has 0 atom stereocenters. The van der Waals surface area contributed by atoms with Crippen LogP contribution in [0.3, 0.4) is 0 Å². The predicted octanol–water partition coefficient (Wildman–Crippen LogP) is 2.71. The van der Waals surface area contributed by atoms with E-state index in [4.69, 9.17) is 9.15 Å². The summed E-state index contributed by atoms with van der Waals surface area (Å²) < 4.78 is 10.8. The average molecular weight is 259 g/mol. The normalized spacial score (nSPS) is 10.2. The highest BCUT2D eigenvalue weighted by atomic mass is 16.5. The first-order valence-electron chi connectivity index (χ1n) is 6.20. The summed E-state index contributed by atoms with van der Waals surface area (Å²) in [5.74, 6) is 2.04. The van der Waals surface area contributed by atoms with Crippen LogP contribution in [0.5, 0.6) is 5.75 Å². The molecule has 0 aliphatic rings. The lowest BCUT2D eigenvalue weighted by molar-refractivity contribution is 0.0945. The Morgan fingerprint density at radius 3 is 2.63 bits per heavy atom. The SMILES string of the molecule is Cc1cc(C(=O)NCCOc2ccccc2)c(C)o1. The third kappa shape index (κ3) is 3.61. The van der Waals surface area contributed by atoms with Gasteiger partial charge in [-0.15, -0.1) is 0 Å². The minimum absolute atomic E-state index is 0.133. The average Bonchev–Trinajstić information content (AvgIpc) is 2.75. The number of carbonyl (C=O) groups is 1. The molecule has 1 heterocycles. The number of furan rings is 1. The van der Waals surface area contributed by atoms with E-state index in [0.29, 0.717) is 24.5 Å². The monoisotopic (exact) mass is 259 g/mol. The van der Waals surface area contributed by atoms with Crippen LogP contribution in [-0.4, -0.2) is 19.1 Å². The van der Waals surface area contributed by atoms with E-state index in [2.05, 4.69) is 5.32 Å². The van der Waals surface area contributed by atoms with Gasteiger partial charge in [0.1, 0.15) is 23.9 Å². The summed E-state index contributed by atoms with van der Waals surface area (Å²) in [7, 11) is 0. The molecule has 100 valence electrons. The molecule has 1 aromatic carbocycles. The van der Waals surface area contributed by atoms with Crippen LogP contribution in [0, 0.1) is 13.8 Å². The topological polar surface area (TPSA) is 51.5 Å². The van der Waals surface area contributed by atoms with Crippen LogP contribution in [-0.2, 0) is 0 Å². The van der Waals surface area contributed by atoms with Crippen molar-refractivity contribution >= 4 is 5.91 Å². The Kier molecular flexibility index (Phi) is 4.23. The van der Waals surface area contributed by atoms with Gasteiger partial charge in [0.25, 0.3) is 5.91 Å². The Morgan fingerprint density at radius 2 is 2.00 bits per heavy atom. The van der Waals surface area contributed by atoms with Crippen LogP contribution in [0.1, 0.15) is 21.9 Å². The van der Waals surface area contributed by atoms with Crippen LogP contribution >= 0.6 is 0 Å². The third-order valence-electron chi connectivity index (χ3n) is 2.69. The van der Waals surface area contributed by atoms with Crippen LogP contribution in [0.2, 0.25) is 0 Å². The molecule has 4 nitrogen and oxygen atoms in total. The summed E-state index contributed by atoms with van der Waals surface area (Å²) >= 11 is 0. The number of aryl methyl sites for hydroxylation is 2. The molecule has 0 saturated heterocycles. The Balaban J connectivity index is 1.77. The van der Waals surface area contributed by atoms with E-state index >= 15 is 0 Å². The van der Waals surface area contributed by atoms with Crippen molar-refractivity contribution in [3.8, 4) is 5.75 Å². The van der Waals surface area contributed by atoms with Crippen molar-refractivity contribution in [1.29, 1.82) is 0 Å². The van der Waals surface area contributed by atoms with E-state index in [0.717, 1.165) is 11.5 Å². The number of hydrogen-bond donors (Lipinski definition) is 1. The highest BCUT2D eigenvalue weighted by Crippen LogP contribution is 2.13. The highest BCUT2D eigenvalue weighted by Gasteiger charge is 2.12. The Bertz CT molecular complexity index is 546. The van der Waals surface area contributed by atoms with Crippen molar-refractivity contribution in [2.24, 2.45) is 0 Å².